The number of ether oxygens (including phenoxy) is 1. The molecule has 4 aromatic heterocycles. The van der Waals surface area contributed by atoms with Crippen LogP contribution in [0.25, 0.3) is 44.0 Å². The highest BCUT2D eigenvalue weighted by Gasteiger charge is 2.27. The number of para-hydroxylation sites is 1. The Hall–Kier alpha value is -5.82. The molecule has 0 spiro atoms. The number of aromatic nitrogens is 4. The fourth-order valence-corrected chi connectivity index (χ4v) is 6.46. The summed E-state index contributed by atoms with van der Waals surface area (Å²) in [4.78, 5) is 13.8. The number of rotatable bonds is 4. The molecular formula is C36H26N6O. The molecule has 0 saturated carbocycles. The van der Waals surface area contributed by atoms with E-state index in [9.17, 15) is 0 Å². The van der Waals surface area contributed by atoms with Crippen molar-refractivity contribution in [3.05, 3.63) is 128 Å². The van der Waals surface area contributed by atoms with Crippen LogP contribution in [0.2, 0.25) is 0 Å². The van der Waals surface area contributed by atoms with Crippen LogP contribution in [0.15, 0.2) is 128 Å². The number of hydrogen-bond acceptors (Lipinski definition) is 5. The number of benzene rings is 4. The summed E-state index contributed by atoms with van der Waals surface area (Å²) in [6.45, 7) is 0.746. The van der Waals surface area contributed by atoms with E-state index in [1.54, 1.807) is 0 Å². The van der Waals surface area contributed by atoms with E-state index in [2.05, 4.69) is 115 Å². The van der Waals surface area contributed by atoms with E-state index < -0.39 is 0 Å². The van der Waals surface area contributed by atoms with Gasteiger partial charge in [0.05, 0.1) is 29.1 Å². The molecule has 0 unspecified atom stereocenters. The second-order valence-corrected chi connectivity index (χ2v) is 11.0. The molecule has 7 nitrogen and oxygen atoms in total. The molecule has 0 radical (unpaired) electrons. The van der Waals surface area contributed by atoms with Crippen LogP contribution in [0.5, 0.6) is 11.5 Å². The first-order chi connectivity index (χ1) is 21.2. The van der Waals surface area contributed by atoms with Gasteiger partial charge in [-0.2, -0.15) is 0 Å². The molecule has 0 bridgehead atoms. The average Bonchev–Trinajstić information content (AvgIpc) is 3.74. The molecule has 0 aliphatic carbocycles. The monoisotopic (exact) mass is 558 g/mol. The largest absolute Gasteiger partial charge is 0.457 e. The van der Waals surface area contributed by atoms with E-state index in [-0.39, 0.29) is 0 Å². The lowest BCUT2D eigenvalue weighted by Gasteiger charge is -2.21. The first kappa shape index (κ1) is 23.8. The quantitative estimate of drug-likeness (QED) is 0.217. The van der Waals surface area contributed by atoms with Crippen molar-refractivity contribution in [1.82, 2.24) is 18.9 Å². The summed E-state index contributed by atoms with van der Waals surface area (Å²) in [5.41, 5.74) is 6.58. The molecule has 9 rings (SSSR count). The Balaban J connectivity index is 1.12. The minimum Gasteiger partial charge on any atom is -0.457 e. The molecule has 43 heavy (non-hydrogen) atoms. The van der Waals surface area contributed by atoms with Crippen LogP contribution >= 0.6 is 0 Å². The Morgan fingerprint density at radius 3 is 2.51 bits per heavy atom. The lowest BCUT2D eigenvalue weighted by molar-refractivity contribution is 0.483. The summed E-state index contributed by atoms with van der Waals surface area (Å²) in [6, 6.07) is 35.6. The molecule has 8 aromatic rings. The van der Waals surface area contributed by atoms with Crippen molar-refractivity contribution < 1.29 is 4.74 Å². The maximum Gasteiger partial charge on any atom is 0.137 e. The van der Waals surface area contributed by atoms with Crippen LogP contribution in [-0.4, -0.2) is 32.7 Å². The molecule has 0 N–H and O–H groups in total. The van der Waals surface area contributed by atoms with Gasteiger partial charge in [-0.3, -0.25) is 4.57 Å². The number of nitrogens with zero attached hydrogens (tertiary/aromatic N) is 6. The number of hydrogen-bond donors (Lipinski definition) is 0. The molecule has 206 valence electrons. The molecule has 1 aliphatic heterocycles. The van der Waals surface area contributed by atoms with Crippen molar-refractivity contribution in [1.29, 1.82) is 0 Å². The topological polar surface area (TPSA) is 50.8 Å². The van der Waals surface area contributed by atoms with E-state index in [1.807, 2.05) is 48.9 Å². The van der Waals surface area contributed by atoms with Gasteiger partial charge in [0.25, 0.3) is 0 Å². The molecule has 7 heteroatoms. The van der Waals surface area contributed by atoms with Crippen LogP contribution in [0.3, 0.4) is 0 Å². The van der Waals surface area contributed by atoms with Crippen molar-refractivity contribution in [2.75, 3.05) is 23.5 Å². The molecular weight excluding hydrogens is 532 g/mol. The van der Waals surface area contributed by atoms with E-state index in [0.717, 1.165) is 51.7 Å². The Bertz CT molecular complexity index is 2340. The van der Waals surface area contributed by atoms with Gasteiger partial charge >= 0.3 is 0 Å². The van der Waals surface area contributed by atoms with Crippen LogP contribution in [0.1, 0.15) is 0 Å². The molecule has 0 saturated heterocycles. The van der Waals surface area contributed by atoms with Crippen molar-refractivity contribution in [3.8, 4) is 17.3 Å². The summed E-state index contributed by atoms with van der Waals surface area (Å²) in [7, 11) is 2.14. The second-order valence-electron chi connectivity index (χ2n) is 11.0. The predicted molar refractivity (Wildman–Crippen MR) is 173 cm³/mol. The average molecular weight is 559 g/mol. The van der Waals surface area contributed by atoms with Crippen LogP contribution in [-0.2, 0) is 0 Å². The normalized spacial score (nSPS) is 13.0. The van der Waals surface area contributed by atoms with E-state index in [1.165, 1.54) is 27.5 Å². The molecule has 0 amide bonds. The summed E-state index contributed by atoms with van der Waals surface area (Å²) in [5, 5.41) is 4.71. The number of imidazole rings is 1. The lowest BCUT2D eigenvalue weighted by Crippen LogP contribution is -2.24. The van der Waals surface area contributed by atoms with Gasteiger partial charge in [0.2, 0.25) is 0 Å². The Labute approximate surface area is 247 Å². The number of pyridine rings is 2. The molecule has 1 aliphatic rings. The van der Waals surface area contributed by atoms with Gasteiger partial charge in [-0.1, -0.05) is 36.4 Å². The van der Waals surface area contributed by atoms with Gasteiger partial charge < -0.3 is 18.9 Å². The molecule has 5 heterocycles. The molecule has 0 fully saturated rings. The zero-order valence-electron chi connectivity index (χ0n) is 23.4. The molecule has 4 aromatic carbocycles. The zero-order chi connectivity index (χ0) is 28.5. The number of anilines is 3. The third kappa shape index (κ3) is 3.68. The van der Waals surface area contributed by atoms with E-state index in [4.69, 9.17) is 4.74 Å². The standard InChI is InChI=1S/C36H26N6O/c1-39-23-41(36-30-22-40-18-17-38-35(40)19-24(30)12-15-32(36)39)25-7-6-8-26(20-25)43-27-13-14-29-28-9-2-3-10-31(28)42(33(29)21-27)34-11-4-5-16-37-34/h2-22H,23H2,1H3. The Morgan fingerprint density at radius 2 is 1.58 bits per heavy atom. The Kier molecular flexibility index (Phi) is 5.04. The van der Waals surface area contributed by atoms with Gasteiger partial charge in [0, 0.05) is 65.8 Å². The highest BCUT2D eigenvalue weighted by molar-refractivity contribution is 6.09. The molecule has 0 atom stereocenters. The maximum atomic E-state index is 6.54. The van der Waals surface area contributed by atoms with Crippen LogP contribution < -0.4 is 14.5 Å². The van der Waals surface area contributed by atoms with Gasteiger partial charge in [0.15, 0.2) is 0 Å². The highest BCUT2D eigenvalue weighted by atomic mass is 16.5. The summed E-state index contributed by atoms with van der Waals surface area (Å²) >= 11 is 0. The van der Waals surface area contributed by atoms with Crippen LogP contribution in [0.4, 0.5) is 17.1 Å². The van der Waals surface area contributed by atoms with Gasteiger partial charge in [0.1, 0.15) is 23.0 Å². The summed E-state index contributed by atoms with van der Waals surface area (Å²) in [6.07, 6.45) is 7.85. The fraction of sp³-hybridized carbons (Fsp3) is 0.0556. The first-order valence-corrected chi connectivity index (χ1v) is 14.3. The van der Waals surface area contributed by atoms with Gasteiger partial charge in [-0.15, -0.1) is 0 Å². The van der Waals surface area contributed by atoms with Crippen LogP contribution in [0, 0.1) is 0 Å². The van der Waals surface area contributed by atoms with E-state index in [0.29, 0.717) is 0 Å². The minimum absolute atomic E-state index is 0.746. The van der Waals surface area contributed by atoms with Crippen molar-refractivity contribution >= 4 is 55.3 Å². The first-order valence-electron chi connectivity index (χ1n) is 14.3. The smallest absolute Gasteiger partial charge is 0.137 e. The zero-order valence-corrected chi connectivity index (χ0v) is 23.4. The predicted octanol–water partition coefficient (Wildman–Crippen LogP) is 8.32. The summed E-state index contributed by atoms with van der Waals surface area (Å²) in [5.74, 6) is 2.44. The highest BCUT2D eigenvalue weighted by Crippen LogP contribution is 2.45. The van der Waals surface area contributed by atoms with E-state index >= 15 is 0 Å². The van der Waals surface area contributed by atoms with Gasteiger partial charge in [-0.25, -0.2) is 9.97 Å². The SMILES string of the molecule is CN1CN(c2cccc(Oc3ccc4c5ccccc5n(-c5ccccn5)c4c3)c2)c2c1ccc1cc3nccn3cc21. The minimum atomic E-state index is 0.746. The fourth-order valence-electron chi connectivity index (χ4n) is 6.46. The maximum absolute atomic E-state index is 6.54. The third-order valence-electron chi connectivity index (χ3n) is 8.40. The third-order valence-corrected chi connectivity index (χ3v) is 8.40. The summed E-state index contributed by atoms with van der Waals surface area (Å²) < 4.78 is 10.8. The second kappa shape index (κ2) is 9.09. The van der Waals surface area contributed by atoms with Crippen molar-refractivity contribution in [2.45, 2.75) is 0 Å². The van der Waals surface area contributed by atoms with Crippen molar-refractivity contribution in [3.63, 3.8) is 0 Å². The van der Waals surface area contributed by atoms with Gasteiger partial charge in [-0.05, 0) is 60.0 Å². The van der Waals surface area contributed by atoms with Crippen molar-refractivity contribution in [2.24, 2.45) is 0 Å². The Morgan fingerprint density at radius 1 is 0.698 bits per heavy atom. The lowest BCUT2D eigenvalue weighted by atomic mass is 10.1. The number of fused-ring (bicyclic) bond motifs is 7.